The first-order valence-corrected chi connectivity index (χ1v) is 7.83. The van der Waals surface area contributed by atoms with Gasteiger partial charge in [-0.3, -0.25) is 14.6 Å². The van der Waals surface area contributed by atoms with Gasteiger partial charge >= 0.3 is 0 Å². The fourth-order valence-electron chi connectivity index (χ4n) is 2.74. The molecule has 0 amide bonds. The van der Waals surface area contributed by atoms with E-state index in [1.54, 1.807) is 11.8 Å². The van der Waals surface area contributed by atoms with Gasteiger partial charge in [0.2, 0.25) is 0 Å². The largest absolute Gasteiger partial charge is 0.310 e. The van der Waals surface area contributed by atoms with E-state index in [1.807, 2.05) is 0 Å². The van der Waals surface area contributed by atoms with Crippen LogP contribution in [0, 0.1) is 0 Å². The lowest BCUT2D eigenvalue weighted by Crippen LogP contribution is -2.64. The van der Waals surface area contributed by atoms with Crippen LogP contribution in [-0.4, -0.2) is 69.4 Å². The van der Waals surface area contributed by atoms with Crippen LogP contribution < -0.4 is 0 Å². The molecule has 2 aliphatic rings. The van der Waals surface area contributed by atoms with Crippen molar-refractivity contribution in [3.63, 3.8) is 0 Å². The van der Waals surface area contributed by atoms with Crippen molar-refractivity contribution in [2.75, 3.05) is 31.9 Å². The van der Waals surface area contributed by atoms with Crippen LogP contribution in [0.2, 0.25) is 0 Å². The summed E-state index contributed by atoms with van der Waals surface area (Å²) in [6, 6.07) is 0. The number of hydrogen-bond donors (Lipinski definition) is 1. The van der Waals surface area contributed by atoms with Crippen LogP contribution in [0.5, 0.6) is 0 Å². The summed E-state index contributed by atoms with van der Waals surface area (Å²) < 4.78 is 0. The Bertz CT molecular complexity index is 295. The summed E-state index contributed by atoms with van der Waals surface area (Å²) in [6.45, 7) is 7.30. The van der Waals surface area contributed by atoms with Crippen molar-refractivity contribution in [3.05, 3.63) is 0 Å². The van der Waals surface area contributed by atoms with Crippen LogP contribution in [-0.2, 0) is 4.79 Å². The molecule has 0 bridgehead atoms. The lowest BCUT2D eigenvalue weighted by molar-refractivity contribution is -0.219. The van der Waals surface area contributed by atoms with E-state index in [2.05, 4.69) is 23.6 Å². The second-order valence-electron chi connectivity index (χ2n) is 4.92. The molecular formula is C12H23N3O2S. The van der Waals surface area contributed by atoms with E-state index in [0.717, 1.165) is 38.2 Å². The summed E-state index contributed by atoms with van der Waals surface area (Å²) in [5.74, 6) is 1.11. The molecule has 1 N–H and O–H groups in total. The molecule has 0 aliphatic carbocycles. The first-order chi connectivity index (χ1) is 8.69. The van der Waals surface area contributed by atoms with Crippen LogP contribution >= 0.6 is 11.8 Å². The number of nitrogens with zero attached hydrogens (tertiary/aromatic N) is 3. The SMILES string of the molecule is CCCN(CCC)C1C(=O)CN2CCSC2N1O. The Labute approximate surface area is 113 Å². The van der Waals surface area contributed by atoms with Crippen molar-refractivity contribution in [2.45, 2.75) is 38.4 Å². The van der Waals surface area contributed by atoms with E-state index < -0.39 is 6.17 Å². The van der Waals surface area contributed by atoms with E-state index in [1.165, 1.54) is 5.06 Å². The van der Waals surface area contributed by atoms with E-state index in [0.29, 0.717) is 6.54 Å². The third-order valence-corrected chi connectivity index (χ3v) is 4.68. The van der Waals surface area contributed by atoms with Crippen molar-refractivity contribution < 1.29 is 10.0 Å². The molecule has 0 radical (unpaired) electrons. The minimum atomic E-state index is -0.447. The Morgan fingerprint density at radius 3 is 2.67 bits per heavy atom. The van der Waals surface area contributed by atoms with E-state index in [4.69, 9.17) is 0 Å². The van der Waals surface area contributed by atoms with Gasteiger partial charge in [-0.15, -0.1) is 16.8 Å². The Morgan fingerprint density at radius 2 is 2.06 bits per heavy atom. The zero-order valence-electron chi connectivity index (χ0n) is 11.2. The molecule has 2 saturated heterocycles. The van der Waals surface area contributed by atoms with E-state index >= 15 is 0 Å². The number of ketones is 1. The molecule has 0 aromatic rings. The summed E-state index contributed by atoms with van der Waals surface area (Å²) >= 11 is 1.72. The smallest absolute Gasteiger partial charge is 0.181 e. The van der Waals surface area contributed by atoms with Gasteiger partial charge in [-0.25, -0.2) is 0 Å². The second kappa shape index (κ2) is 6.34. The number of thioether (sulfide) groups is 1. The lowest BCUT2D eigenvalue weighted by Gasteiger charge is -2.44. The molecule has 0 aromatic heterocycles. The summed E-state index contributed by atoms with van der Waals surface area (Å²) in [5, 5.41) is 11.6. The number of fused-ring (bicyclic) bond motifs is 1. The highest BCUT2D eigenvalue weighted by Gasteiger charge is 2.45. The number of carbonyl (C=O) groups excluding carboxylic acids is 1. The number of carbonyl (C=O) groups is 1. The van der Waals surface area contributed by atoms with E-state index in [9.17, 15) is 10.0 Å². The van der Waals surface area contributed by atoms with Crippen molar-refractivity contribution in [1.82, 2.24) is 14.9 Å². The predicted molar refractivity (Wildman–Crippen MR) is 72.4 cm³/mol. The molecule has 104 valence electrons. The lowest BCUT2D eigenvalue weighted by atomic mass is 10.2. The van der Waals surface area contributed by atoms with Gasteiger partial charge in [-0.1, -0.05) is 13.8 Å². The summed E-state index contributed by atoms with van der Waals surface area (Å²) in [5.41, 5.74) is -0.0380. The maximum Gasteiger partial charge on any atom is 0.181 e. The molecule has 0 spiro atoms. The molecule has 2 unspecified atom stereocenters. The van der Waals surface area contributed by atoms with Gasteiger partial charge in [0.1, 0.15) is 11.7 Å². The highest BCUT2D eigenvalue weighted by atomic mass is 32.2. The minimum Gasteiger partial charge on any atom is -0.310 e. The highest BCUT2D eigenvalue weighted by Crippen LogP contribution is 2.31. The Hall–Kier alpha value is -0.140. The number of hydroxylamine groups is 2. The molecule has 2 atom stereocenters. The van der Waals surface area contributed by atoms with E-state index in [-0.39, 0.29) is 11.3 Å². The summed E-state index contributed by atoms with van der Waals surface area (Å²) in [7, 11) is 0. The Kier molecular flexibility index (Phi) is 5.03. The third-order valence-electron chi connectivity index (χ3n) is 3.45. The molecule has 18 heavy (non-hydrogen) atoms. The van der Waals surface area contributed by atoms with Crippen LogP contribution in [0.25, 0.3) is 0 Å². The van der Waals surface area contributed by atoms with Crippen LogP contribution in [0.3, 0.4) is 0 Å². The van der Waals surface area contributed by atoms with Gasteiger partial charge in [0.15, 0.2) is 5.78 Å². The minimum absolute atomic E-state index is 0.0380. The number of rotatable bonds is 5. The topological polar surface area (TPSA) is 47.0 Å². The van der Waals surface area contributed by atoms with Gasteiger partial charge in [0.05, 0.1) is 6.54 Å². The normalized spacial score (nSPS) is 30.1. The number of hydrogen-bond acceptors (Lipinski definition) is 6. The molecule has 6 heteroatoms. The molecule has 2 heterocycles. The van der Waals surface area contributed by atoms with Crippen molar-refractivity contribution in [2.24, 2.45) is 0 Å². The van der Waals surface area contributed by atoms with Crippen LogP contribution in [0.15, 0.2) is 0 Å². The first-order valence-electron chi connectivity index (χ1n) is 6.78. The fourth-order valence-corrected chi connectivity index (χ4v) is 3.95. The third kappa shape index (κ3) is 2.72. The quantitative estimate of drug-likeness (QED) is 0.807. The van der Waals surface area contributed by atoms with Crippen molar-refractivity contribution in [1.29, 1.82) is 0 Å². The zero-order chi connectivity index (χ0) is 13.1. The van der Waals surface area contributed by atoms with Gasteiger partial charge in [-0.05, 0) is 25.9 Å². The van der Waals surface area contributed by atoms with Gasteiger partial charge < -0.3 is 5.21 Å². The summed E-state index contributed by atoms with van der Waals surface area (Å²) in [4.78, 5) is 16.4. The first kappa shape index (κ1) is 14.3. The Balaban J connectivity index is 2.11. The van der Waals surface area contributed by atoms with Gasteiger partial charge in [0, 0.05) is 12.3 Å². The molecule has 2 rings (SSSR count). The standard InChI is InChI=1S/C12H23N3O2S/c1-3-5-13(6-4-2)11-10(16)9-14-7-8-18-12(14)15(11)17/h11-12,17H,3-9H2,1-2H3. The molecule has 0 saturated carbocycles. The zero-order valence-corrected chi connectivity index (χ0v) is 12.0. The fraction of sp³-hybridized carbons (Fsp3) is 0.917. The number of Topliss-reactive ketones (excluding diaryl/α,β-unsaturated/α-hetero) is 1. The monoisotopic (exact) mass is 273 g/mol. The van der Waals surface area contributed by atoms with Gasteiger partial charge in [-0.2, -0.15) is 0 Å². The maximum absolute atomic E-state index is 12.2. The average Bonchev–Trinajstić information content (AvgIpc) is 2.77. The molecule has 2 aliphatic heterocycles. The molecule has 0 aromatic carbocycles. The van der Waals surface area contributed by atoms with Crippen molar-refractivity contribution >= 4 is 17.5 Å². The maximum atomic E-state index is 12.2. The average molecular weight is 273 g/mol. The van der Waals surface area contributed by atoms with Crippen LogP contribution in [0.4, 0.5) is 0 Å². The predicted octanol–water partition coefficient (Wildman–Crippen LogP) is 1.04. The van der Waals surface area contributed by atoms with Gasteiger partial charge in [0.25, 0.3) is 0 Å². The van der Waals surface area contributed by atoms with Crippen molar-refractivity contribution in [3.8, 4) is 0 Å². The molecule has 5 nitrogen and oxygen atoms in total. The highest BCUT2D eigenvalue weighted by molar-refractivity contribution is 8.00. The summed E-state index contributed by atoms with van der Waals surface area (Å²) in [6.07, 6.45) is 1.55. The van der Waals surface area contributed by atoms with Crippen LogP contribution in [0.1, 0.15) is 26.7 Å². The molecule has 2 fully saturated rings. The Morgan fingerprint density at radius 1 is 1.39 bits per heavy atom. The molecular weight excluding hydrogens is 250 g/mol. The second-order valence-corrected chi connectivity index (χ2v) is 6.09.